The Hall–Kier alpha value is -1.29. The maximum absolute atomic E-state index is 8.69. The fourth-order valence-electron chi connectivity index (χ4n) is 2.34. The van der Waals surface area contributed by atoms with Crippen molar-refractivity contribution in [2.75, 3.05) is 0 Å². The Balaban J connectivity index is 1.93. The van der Waals surface area contributed by atoms with E-state index in [-0.39, 0.29) is 0 Å². The van der Waals surface area contributed by atoms with E-state index in [0.717, 1.165) is 23.3 Å². The second kappa shape index (κ2) is 4.06. The molecule has 2 rings (SSSR count). The summed E-state index contributed by atoms with van der Waals surface area (Å²) in [6.07, 6.45) is 2.58. The van der Waals surface area contributed by atoms with Crippen LogP contribution in [0.3, 0.4) is 0 Å². The van der Waals surface area contributed by atoms with Crippen LogP contribution in [0.25, 0.3) is 0 Å². The molecule has 78 valence electrons. The third-order valence-corrected chi connectivity index (χ3v) is 3.41. The van der Waals surface area contributed by atoms with Crippen LogP contribution in [-0.2, 0) is 6.42 Å². The summed E-state index contributed by atoms with van der Waals surface area (Å²) in [5, 5.41) is 8.69. The van der Waals surface area contributed by atoms with Gasteiger partial charge < -0.3 is 0 Å². The van der Waals surface area contributed by atoms with E-state index in [4.69, 9.17) is 5.26 Å². The molecule has 0 heterocycles. The van der Waals surface area contributed by atoms with Crippen LogP contribution in [0, 0.1) is 29.1 Å². The first kappa shape index (κ1) is 10.2. The summed E-state index contributed by atoms with van der Waals surface area (Å²) in [5.41, 5.74) is 2.14. The molecule has 0 spiro atoms. The van der Waals surface area contributed by atoms with Crippen molar-refractivity contribution in [1.29, 1.82) is 5.26 Å². The highest BCUT2D eigenvalue weighted by Gasteiger charge is 2.38. The molecule has 1 aromatic rings. The minimum absolute atomic E-state index is 0.759. The van der Waals surface area contributed by atoms with Crippen LogP contribution in [0.4, 0.5) is 0 Å². The maximum Gasteiger partial charge on any atom is 0.0991 e. The number of nitrogens with zero attached hydrogens (tertiary/aromatic N) is 1. The zero-order chi connectivity index (χ0) is 10.8. The van der Waals surface area contributed by atoms with Crippen LogP contribution >= 0.6 is 0 Å². The zero-order valence-corrected chi connectivity index (χ0v) is 9.40. The van der Waals surface area contributed by atoms with Crippen LogP contribution in [0.5, 0.6) is 0 Å². The first-order valence-electron chi connectivity index (χ1n) is 5.69. The van der Waals surface area contributed by atoms with E-state index >= 15 is 0 Å². The fraction of sp³-hybridized carbons (Fsp3) is 0.500. The summed E-state index contributed by atoms with van der Waals surface area (Å²) >= 11 is 0. The molecule has 1 saturated carbocycles. The first-order chi connectivity index (χ1) is 7.20. The van der Waals surface area contributed by atoms with E-state index in [9.17, 15) is 0 Å². The average molecular weight is 199 g/mol. The summed E-state index contributed by atoms with van der Waals surface area (Å²) in [7, 11) is 0. The smallest absolute Gasteiger partial charge is 0.0991 e. The standard InChI is InChI=1S/C14H17N/c1-10(2)14-8-13(14)7-11-3-5-12(9-15)6-4-11/h3-6,10,13-14H,7-8H2,1-2H3/t13-,14+/m0/s1. The molecule has 15 heavy (non-hydrogen) atoms. The van der Waals surface area contributed by atoms with E-state index in [1.165, 1.54) is 18.4 Å². The third kappa shape index (κ3) is 2.39. The second-order valence-electron chi connectivity index (χ2n) is 4.92. The van der Waals surface area contributed by atoms with Crippen molar-refractivity contribution in [1.82, 2.24) is 0 Å². The van der Waals surface area contributed by atoms with Crippen molar-refractivity contribution in [2.24, 2.45) is 17.8 Å². The monoisotopic (exact) mass is 199 g/mol. The van der Waals surface area contributed by atoms with Crippen molar-refractivity contribution in [2.45, 2.75) is 26.7 Å². The highest BCUT2D eigenvalue weighted by Crippen LogP contribution is 2.45. The number of benzene rings is 1. The average Bonchev–Trinajstić information content (AvgIpc) is 2.98. The Labute approximate surface area is 91.7 Å². The van der Waals surface area contributed by atoms with Gasteiger partial charge in [0, 0.05) is 0 Å². The highest BCUT2D eigenvalue weighted by atomic mass is 14.4. The topological polar surface area (TPSA) is 23.8 Å². The SMILES string of the molecule is CC(C)[C@H]1C[C@@H]1Cc1ccc(C#N)cc1. The summed E-state index contributed by atoms with van der Waals surface area (Å²) < 4.78 is 0. The molecule has 0 radical (unpaired) electrons. The van der Waals surface area contributed by atoms with E-state index in [0.29, 0.717) is 0 Å². The summed E-state index contributed by atoms with van der Waals surface area (Å²) in [4.78, 5) is 0. The van der Waals surface area contributed by atoms with Gasteiger partial charge in [0.2, 0.25) is 0 Å². The van der Waals surface area contributed by atoms with Crippen molar-refractivity contribution in [3.63, 3.8) is 0 Å². The summed E-state index contributed by atoms with van der Waals surface area (Å²) in [5.74, 6) is 2.65. The molecule has 0 aliphatic heterocycles. The third-order valence-electron chi connectivity index (χ3n) is 3.41. The Kier molecular flexibility index (Phi) is 2.77. The Bertz CT molecular complexity index is 369. The molecule has 1 aliphatic rings. The van der Waals surface area contributed by atoms with Crippen molar-refractivity contribution < 1.29 is 0 Å². The van der Waals surface area contributed by atoms with Gasteiger partial charge in [-0.2, -0.15) is 5.26 Å². The van der Waals surface area contributed by atoms with Gasteiger partial charge in [-0.1, -0.05) is 26.0 Å². The molecule has 1 nitrogen and oxygen atoms in total. The van der Waals surface area contributed by atoms with Crippen LogP contribution in [0.15, 0.2) is 24.3 Å². The lowest BCUT2D eigenvalue weighted by molar-refractivity contribution is 0.516. The van der Waals surface area contributed by atoms with Crippen LogP contribution in [0.1, 0.15) is 31.4 Å². The molecule has 0 saturated heterocycles. The molecule has 0 amide bonds. The van der Waals surface area contributed by atoms with E-state index in [2.05, 4.69) is 32.0 Å². The molecule has 1 heteroatoms. The Morgan fingerprint density at radius 2 is 2.00 bits per heavy atom. The molecule has 0 bridgehead atoms. The van der Waals surface area contributed by atoms with Gasteiger partial charge in [0.15, 0.2) is 0 Å². The van der Waals surface area contributed by atoms with Gasteiger partial charge in [-0.15, -0.1) is 0 Å². The van der Waals surface area contributed by atoms with Gasteiger partial charge >= 0.3 is 0 Å². The van der Waals surface area contributed by atoms with Gasteiger partial charge in [-0.25, -0.2) is 0 Å². The van der Waals surface area contributed by atoms with E-state index in [1.807, 2.05) is 12.1 Å². The first-order valence-corrected chi connectivity index (χ1v) is 5.69. The minimum atomic E-state index is 0.759. The molecule has 0 aromatic heterocycles. The number of nitriles is 1. The van der Waals surface area contributed by atoms with Crippen LogP contribution < -0.4 is 0 Å². The predicted octanol–water partition coefficient (Wildman–Crippen LogP) is 3.39. The fourth-order valence-corrected chi connectivity index (χ4v) is 2.34. The van der Waals surface area contributed by atoms with Gasteiger partial charge in [0.05, 0.1) is 11.6 Å². The van der Waals surface area contributed by atoms with Gasteiger partial charge in [0.1, 0.15) is 0 Å². The molecule has 1 aliphatic carbocycles. The molecule has 0 N–H and O–H groups in total. The van der Waals surface area contributed by atoms with Gasteiger partial charge in [0.25, 0.3) is 0 Å². The van der Waals surface area contributed by atoms with E-state index in [1.54, 1.807) is 0 Å². The van der Waals surface area contributed by atoms with Crippen molar-refractivity contribution in [3.8, 4) is 6.07 Å². The van der Waals surface area contributed by atoms with Crippen molar-refractivity contribution in [3.05, 3.63) is 35.4 Å². The van der Waals surface area contributed by atoms with Crippen LogP contribution in [-0.4, -0.2) is 0 Å². The molecule has 0 unspecified atom stereocenters. The van der Waals surface area contributed by atoms with Crippen molar-refractivity contribution >= 4 is 0 Å². The zero-order valence-electron chi connectivity index (χ0n) is 9.40. The molecule has 1 fully saturated rings. The van der Waals surface area contributed by atoms with Crippen LogP contribution in [0.2, 0.25) is 0 Å². The molecule has 2 atom stereocenters. The van der Waals surface area contributed by atoms with E-state index < -0.39 is 0 Å². The Morgan fingerprint density at radius 1 is 1.33 bits per heavy atom. The molecular formula is C14H17N. The molecular weight excluding hydrogens is 182 g/mol. The maximum atomic E-state index is 8.69. The van der Waals surface area contributed by atoms with Gasteiger partial charge in [-0.3, -0.25) is 0 Å². The second-order valence-corrected chi connectivity index (χ2v) is 4.92. The number of rotatable bonds is 3. The Morgan fingerprint density at radius 3 is 2.47 bits per heavy atom. The molecule has 1 aromatic carbocycles. The lowest BCUT2D eigenvalue weighted by Gasteiger charge is -2.03. The summed E-state index contributed by atoms with van der Waals surface area (Å²) in [6.45, 7) is 4.62. The quantitative estimate of drug-likeness (QED) is 0.732. The normalized spacial score (nSPS) is 23.9. The number of hydrogen-bond donors (Lipinski definition) is 0. The lowest BCUT2D eigenvalue weighted by atomic mass is 10.0. The highest BCUT2D eigenvalue weighted by molar-refractivity contribution is 5.32. The number of hydrogen-bond acceptors (Lipinski definition) is 1. The summed E-state index contributed by atoms with van der Waals surface area (Å²) in [6, 6.07) is 10.2. The minimum Gasteiger partial charge on any atom is -0.192 e. The predicted molar refractivity (Wildman–Crippen MR) is 61.3 cm³/mol. The largest absolute Gasteiger partial charge is 0.192 e. The lowest BCUT2D eigenvalue weighted by Crippen LogP contribution is -1.95. The van der Waals surface area contributed by atoms with Gasteiger partial charge in [-0.05, 0) is 48.3 Å².